The van der Waals surface area contributed by atoms with Gasteiger partial charge >= 0.3 is 8.03 Å². The van der Waals surface area contributed by atoms with Gasteiger partial charge in [0.2, 0.25) is 5.30 Å². The monoisotopic (exact) mass is 429 g/mol. The molecule has 0 N–H and O–H groups in total. The average Bonchev–Trinajstić information content (AvgIpc) is 2.79. The standard InChI is InChI=1S/C26H22O4P/c1-19-7-3-5-9-25(19)28-21-11-13-23(14-12-21)30-31(27)24-17-15-22(16-18-24)29-26-10-6-4-8-20(26)2/h3-18H,1-2H3/q+1. The average molecular weight is 429 g/mol. The summed E-state index contributed by atoms with van der Waals surface area (Å²) in [6, 6.07) is 29.8. The van der Waals surface area contributed by atoms with Crippen LogP contribution >= 0.6 is 8.03 Å². The van der Waals surface area contributed by atoms with Crippen LogP contribution in [0, 0.1) is 13.8 Å². The number of aryl methyl sites for hydroxylation is 2. The summed E-state index contributed by atoms with van der Waals surface area (Å²) in [7, 11) is -2.04. The zero-order valence-corrected chi connectivity index (χ0v) is 18.2. The lowest BCUT2D eigenvalue weighted by Crippen LogP contribution is -1.99. The maximum Gasteiger partial charge on any atom is 0.597 e. The van der Waals surface area contributed by atoms with Crippen molar-refractivity contribution < 1.29 is 18.6 Å². The van der Waals surface area contributed by atoms with Gasteiger partial charge < -0.3 is 9.47 Å². The molecule has 0 amide bonds. The Morgan fingerprint density at radius 3 is 1.45 bits per heavy atom. The van der Waals surface area contributed by atoms with Crippen LogP contribution in [0.4, 0.5) is 0 Å². The second-order valence-corrected chi connectivity index (χ2v) is 8.26. The van der Waals surface area contributed by atoms with E-state index in [2.05, 4.69) is 0 Å². The molecule has 4 aromatic rings. The molecule has 0 spiro atoms. The summed E-state index contributed by atoms with van der Waals surface area (Å²) in [6.07, 6.45) is 0. The number of benzene rings is 4. The summed E-state index contributed by atoms with van der Waals surface area (Å²) in [5.74, 6) is 3.48. The summed E-state index contributed by atoms with van der Waals surface area (Å²) >= 11 is 0. The van der Waals surface area contributed by atoms with Crippen molar-refractivity contribution in [3.05, 3.63) is 108 Å². The van der Waals surface area contributed by atoms with Gasteiger partial charge in [-0.15, -0.1) is 0 Å². The first kappa shape index (κ1) is 20.6. The van der Waals surface area contributed by atoms with Gasteiger partial charge in [-0.05, 0) is 90.2 Å². The van der Waals surface area contributed by atoms with Crippen LogP contribution in [0.25, 0.3) is 0 Å². The highest BCUT2D eigenvalue weighted by molar-refractivity contribution is 7.48. The van der Waals surface area contributed by atoms with E-state index in [9.17, 15) is 4.57 Å². The summed E-state index contributed by atoms with van der Waals surface area (Å²) in [5.41, 5.74) is 2.11. The zero-order valence-electron chi connectivity index (χ0n) is 17.3. The molecule has 0 radical (unpaired) electrons. The van der Waals surface area contributed by atoms with Gasteiger partial charge in [0.05, 0.1) is 0 Å². The molecule has 154 valence electrons. The maximum atomic E-state index is 12.6. The van der Waals surface area contributed by atoms with Crippen LogP contribution in [0.3, 0.4) is 0 Å². The van der Waals surface area contributed by atoms with Crippen LogP contribution in [0.1, 0.15) is 11.1 Å². The summed E-state index contributed by atoms with van der Waals surface area (Å²) in [5, 5.41) is 0.590. The van der Waals surface area contributed by atoms with Crippen LogP contribution < -0.4 is 19.3 Å². The third kappa shape index (κ3) is 5.30. The van der Waals surface area contributed by atoms with Crippen LogP contribution in [0.5, 0.6) is 28.7 Å². The Balaban J connectivity index is 1.38. The lowest BCUT2D eigenvalue weighted by molar-refractivity contribution is 0.476. The zero-order chi connectivity index (χ0) is 21.6. The minimum atomic E-state index is -2.04. The molecule has 0 bridgehead atoms. The van der Waals surface area contributed by atoms with E-state index in [1.165, 1.54) is 0 Å². The van der Waals surface area contributed by atoms with E-state index in [0.717, 1.165) is 22.6 Å². The maximum absolute atomic E-state index is 12.6. The smallest absolute Gasteiger partial charge is 0.457 e. The molecule has 0 aromatic heterocycles. The number of hydrogen-bond acceptors (Lipinski definition) is 4. The van der Waals surface area contributed by atoms with E-state index in [0.29, 0.717) is 22.6 Å². The molecule has 0 saturated carbocycles. The van der Waals surface area contributed by atoms with Gasteiger partial charge in [-0.2, -0.15) is 0 Å². The molecule has 0 saturated heterocycles. The predicted molar refractivity (Wildman–Crippen MR) is 123 cm³/mol. The molecule has 1 atom stereocenters. The third-order valence-electron chi connectivity index (χ3n) is 4.70. The second-order valence-electron chi connectivity index (χ2n) is 7.05. The van der Waals surface area contributed by atoms with Crippen molar-refractivity contribution in [2.75, 3.05) is 0 Å². The predicted octanol–water partition coefficient (Wildman–Crippen LogP) is 7.33. The first-order chi connectivity index (χ1) is 15.1. The molecule has 0 aliphatic carbocycles. The molecule has 0 aliphatic rings. The summed E-state index contributed by atoms with van der Waals surface area (Å²) < 4.78 is 30.0. The van der Waals surface area contributed by atoms with Crippen LogP contribution in [-0.2, 0) is 4.57 Å². The Morgan fingerprint density at radius 2 is 0.968 bits per heavy atom. The van der Waals surface area contributed by atoms with E-state index in [1.807, 2.05) is 62.4 Å². The number of rotatable bonds is 7. The number of ether oxygens (including phenoxy) is 2. The van der Waals surface area contributed by atoms with E-state index < -0.39 is 8.03 Å². The Morgan fingerprint density at radius 1 is 0.548 bits per heavy atom. The Bertz CT molecular complexity index is 1180. The SMILES string of the molecule is Cc1ccccc1Oc1ccc(O[P+](=O)c2ccc(Oc3ccccc3C)cc2)cc1. The third-order valence-corrected chi connectivity index (χ3v) is 5.80. The molecule has 31 heavy (non-hydrogen) atoms. The Labute approximate surface area is 182 Å². The van der Waals surface area contributed by atoms with Crippen molar-refractivity contribution in [2.24, 2.45) is 0 Å². The van der Waals surface area contributed by atoms with Gasteiger partial charge in [0.1, 0.15) is 23.0 Å². The normalized spacial score (nSPS) is 11.0. The quantitative estimate of drug-likeness (QED) is 0.288. The van der Waals surface area contributed by atoms with Crippen molar-refractivity contribution in [1.29, 1.82) is 0 Å². The van der Waals surface area contributed by atoms with E-state index >= 15 is 0 Å². The molecular weight excluding hydrogens is 407 g/mol. The summed E-state index contributed by atoms with van der Waals surface area (Å²) in [4.78, 5) is 0. The van der Waals surface area contributed by atoms with Crippen molar-refractivity contribution in [1.82, 2.24) is 0 Å². The molecule has 4 rings (SSSR count). The lowest BCUT2D eigenvalue weighted by atomic mass is 10.2. The van der Waals surface area contributed by atoms with Crippen molar-refractivity contribution in [3.63, 3.8) is 0 Å². The molecule has 0 fully saturated rings. The van der Waals surface area contributed by atoms with Gasteiger partial charge in [0.25, 0.3) is 0 Å². The van der Waals surface area contributed by atoms with Gasteiger partial charge in [-0.25, -0.2) is 0 Å². The first-order valence-electron chi connectivity index (χ1n) is 9.91. The van der Waals surface area contributed by atoms with Crippen LogP contribution in [0.15, 0.2) is 97.1 Å². The molecular formula is C26H22O4P+. The fourth-order valence-electron chi connectivity index (χ4n) is 2.95. The molecule has 1 unspecified atom stereocenters. The minimum absolute atomic E-state index is 0.512. The summed E-state index contributed by atoms with van der Waals surface area (Å²) in [6.45, 7) is 3.99. The topological polar surface area (TPSA) is 44.8 Å². The van der Waals surface area contributed by atoms with Gasteiger partial charge in [0.15, 0.2) is 5.75 Å². The van der Waals surface area contributed by atoms with Gasteiger partial charge in [-0.3, -0.25) is 4.52 Å². The largest absolute Gasteiger partial charge is 0.597 e. The van der Waals surface area contributed by atoms with Crippen LogP contribution in [0.2, 0.25) is 0 Å². The molecule has 4 aromatic carbocycles. The minimum Gasteiger partial charge on any atom is -0.457 e. The highest BCUT2D eigenvalue weighted by Gasteiger charge is 2.24. The molecule has 5 heteroatoms. The lowest BCUT2D eigenvalue weighted by Gasteiger charge is -2.08. The van der Waals surface area contributed by atoms with E-state index in [1.54, 1.807) is 48.5 Å². The van der Waals surface area contributed by atoms with Crippen molar-refractivity contribution in [3.8, 4) is 28.7 Å². The first-order valence-corrected chi connectivity index (χ1v) is 11.1. The molecule has 0 aliphatic heterocycles. The fraction of sp³-hybridized carbons (Fsp3) is 0.0769. The molecule has 0 heterocycles. The van der Waals surface area contributed by atoms with Crippen LogP contribution in [-0.4, -0.2) is 0 Å². The fourth-order valence-corrected chi connectivity index (χ4v) is 3.76. The van der Waals surface area contributed by atoms with Crippen molar-refractivity contribution >= 4 is 13.3 Å². The number of para-hydroxylation sites is 2. The second kappa shape index (κ2) is 9.46. The van der Waals surface area contributed by atoms with E-state index in [-0.39, 0.29) is 0 Å². The van der Waals surface area contributed by atoms with E-state index in [4.69, 9.17) is 14.0 Å². The Kier molecular flexibility index (Phi) is 6.30. The number of hydrogen-bond donors (Lipinski definition) is 0. The Hall–Kier alpha value is -3.62. The van der Waals surface area contributed by atoms with Crippen molar-refractivity contribution in [2.45, 2.75) is 13.8 Å². The molecule has 4 nitrogen and oxygen atoms in total. The highest BCUT2D eigenvalue weighted by Crippen LogP contribution is 2.31. The van der Waals surface area contributed by atoms with Gasteiger partial charge in [0, 0.05) is 0 Å². The highest BCUT2D eigenvalue weighted by atomic mass is 31.1. The van der Waals surface area contributed by atoms with Gasteiger partial charge in [-0.1, -0.05) is 36.4 Å².